The normalized spacial score (nSPS) is 11.9. The lowest BCUT2D eigenvalue weighted by molar-refractivity contribution is 0.249. The van der Waals surface area contributed by atoms with Crippen LogP contribution in [0.1, 0.15) is 18.5 Å². The fourth-order valence-electron chi connectivity index (χ4n) is 1.60. The molecule has 5 N–H and O–H groups in total. The smallest absolute Gasteiger partial charge is 0.312 e. The Hall–Kier alpha value is -1.95. The molecule has 0 saturated heterocycles. The van der Waals surface area contributed by atoms with Crippen molar-refractivity contribution < 1.29 is 14.6 Å². The molecule has 0 radical (unpaired) electrons. The Morgan fingerprint density at radius 3 is 2.78 bits per heavy atom. The number of hydrogen-bond donors (Lipinski definition) is 4. The summed E-state index contributed by atoms with van der Waals surface area (Å²) in [7, 11) is 1.55. The first-order chi connectivity index (χ1) is 8.54. The highest BCUT2D eigenvalue weighted by Crippen LogP contribution is 2.27. The highest BCUT2D eigenvalue weighted by atomic mass is 16.5. The van der Waals surface area contributed by atoms with E-state index in [-0.39, 0.29) is 11.8 Å². The quantitative estimate of drug-likeness (QED) is 0.562. The number of ether oxygens (including phenoxy) is 1. The number of carbonyl (C=O) groups is 1. The van der Waals surface area contributed by atoms with Crippen LogP contribution in [-0.2, 0) is 0 Å². The number of aromatic hydroxyl groups is 1. The van der Waals surface area contributed by atoms with Crippen molar-refractivity contribution in [2.75, 3.05) is 20.2 Å². The number of benzene rings is 1. The summed E-state index contributed by atoms with van der Waals surface area (Å²) >= 11 is 0. The molecule has 1 aromatic rings. The summed E-state index contributed by atoms with van der Waals surface area (Å²) in [5.41, 5.74) is 5.72. The van der Waals surface area contributed by atoms with Crippen molar-refractivity contribution in [3.8, 4) is 11.5 Å². The van der Waals surface area contributed by atoms with E-state index in [9.17, 15) is 9.90 Å². The molecule has 6 heteroatoms. The van der Waals surface area contributed by atoms with Gasteiger partial charge in [0.1, 0.15) is 11.5 Å². The summed E-state index contributed by atoms with van der Waals surface area (Å²) in [6, 6.07) is 4.57. The lowest BCUT2D eigenvalue weighted by Crippen LogP contribution is -2.36. The number of phenols is 1. The van der Waals surface area contributed by atoms with Crippen molar-refractivity contribution in [3.63, 3.8) is 0 Å². The van der Waals surface area contributed by atoms with Crippen LogP contribution < -0.4 is 21.1 Å². The number of primary amides is 1. The molecule has 0 saturated carbocycles. The number of hydrogen-bond acceptors (Lipinski definition) is 4. The lowest BCUT2D eigenvalue weighted by atomic mass is 10.1. The third-order valence-corrected chi connectivity index (χ3v) is 2.58. The molecule has 2 amide bonds. The summed E-state index contributed by atoms with van der Waals surface area (Å²) < 4.78 is 5.01. The minimum atomic E-state index is -0.545. The van der Waals surface area contributed by atoms with E-state index in [1.807, 2.05) is 6.92 Å². The van der Waals surface area contributed by atoms with E-state index in [1.165, 1.54) is 0 Å². The van der Waals surface area contributed by atoms with E-state index in [1.54, 1.807) is 25.3 Å². The summed E-state index contributed by atoms with van der Waals surface area (Å²) in [5.74, 6) is 0.788. The van der Waals surface area contributed by atoms with Crippen LogP contribution >= 0.6 is 0 Å². The molecular weight excluding hydrogens is 234 g/mol. The van der Waals surface area contributed by atoms with Gasteiger partial charge in [0.2, 0.25) is 0 Å². The molecule has 0 bridgehead atoms. The Morgan fingerprint density at radius 1 is 1.50 bits per heavy atom. The monoisotopic (exact) mass is 253 g/mol. The fraction of sp³-hybridized carbons (Fsp3) is 0.417. The Bertz CT molecular complexity index is 410. The van der Waals surface area contributed by atoms with Gasteiger partial charge in [-0.2, -0.15) is 0 Å². The number of nitrogens with two attached hydrogens (primary N) is 1. The van der Waals surface area contributed by atoms with Gasteiger partial charge < -0.3 is 26.2 Å². The largest absolute Gasteiger partial charge is 0.507 e. The molecule has 18 heavy (non-hydrogen) atoms. The average molecular weight is 253 g/mol. The van der Waals surface area contributed by atoms with E-state index in [4.69, 9.17) is 10.5 Å². The highest BCUT2D eigenvalue weighted by Gasteiger charge is 2.10. The SMILES string of the molecule is COc1ccc(C(C)NCCNC(N)=O)c(O)c1. The van der Waals surface area contributed by atoms with Crippen molar-refractivity contribution in [1.29, 1.82) is 0 Å². The standard InChI is InChI=1S/C12H19N3O3/c1-8(14-5-6-15-12(13)17)10-4-3-9(18-2)7-11(10)16/h3-4,7-8,14,16H,5-6H2,1-2H3,(H3,13,15,17). The van der Waals surface area contributed by atoms with Crippen molar-refractivity contribution in [2.24, 2.45) is 5.73 Å². The number of carbonyl (C=O) groups excluding carboxylic acids is 1. The number of urea groups is 1. The molecule has 0 aliphatic heterocycles. The summed E-state index contributed by atoms with van der Waals surface area (Å²) in [6.45, 7) is 2.93. The lowest BCUT2D eigenvalue weighted by Gasteiger charge is -2.16. The van der Waals surface area contributed by atoms with Gasteiger partial charge in [-0.25, -0.2) is 4.79 Å². The second-order valence-corrected chi connectivity index (χ2v) is 3.89. The highest BCUT2D eigenvalue weighted by molar-refractivity contribution is 5.71. The Labute approximate surface area is 106 Å². The first-order valence-corrected chi connectivity index (χ1v) is 5.68. The molecule has 1 aromatic carbocycles. The number of nitrogens with one attached hydrogen (secondary N) is 2. The summed E-state index contributed by atoms with van der Waals surface area (Å²) in [6.07, 6.45) is 0. The molecular formula is C12H19N3O3. The first-order valence-electron chi connectivity index (χ1n) is 5.68. The number of phenolic OH excluding ortho intramolecular Hbond substituents is 1. The molecule has 6 nitrogen and oxygen atoms in total. The zero-order valence-electron chi connectivity index (χ0n) is 10.6. The number of amides is 2. The average Bonchev–Trinajstić information content (AvgIpc) is 2.33. The van der Waals surface area contributed by atoms with Crippen LogP contribution in [0.15, 0.2) is 18.2 Å². The van der Waals surface area contributed by atoms with Gasteiger partial charge >= 0.3 is 6.03 Å². The Kier molecular flexibility index (Phi) is 5.26. The van der Waals surface area contributed by atoms with Crippen LogP contribution in [0.3, 0.4) is 0 Å². The maximum Gasteiger partial charge on any atom is 0.312 e. The second-order valence-electron chi connectivity index (χ2n) is 3.89. The molecule has 1 rings (SSSR count). The minimum Gasteiger partial charge on any atom is -0.507 e. The topological polar surface area (TPSA) is 96.6 Å². The van der Waals surface area contributed by atoms with Gasteiger partial charge in [0.05, 0.1) is 7.11 Å². The molecule has 0 aromatic heterocycles. The molecule has 1 unspecified atom stereocenters. The number of rotatable bonds is 6. The van der Waals surface area contributed by atoms with Crippen LogP contribution in [0, 0.1) is 0 Å². The van der Waals surface area contributed by atoms with Crippen molar-refractivity contribution in [2.45, 2.75) is 13.0 Å². The van der Waals surface area contributed by atoms with E-state index in [0.29, 0.717) is 18.8 Å². The first kappa shape index (κ1) is 14.1. The van der Waals surface area contributed by atoms with E-state index in [2.05, 4.69) is 10.6 Å². The molecule has 0 spiro atoms. The van der Waals surface area contributed by atoms with Gasteiger partial charge in [0, 0.05) is 30.8 Å². The molecule has 0 aliphatic carbocycles. The Balaban J connectivity index is 2.50. The van der Waals surface area contributed by atoms with E-state index in [0.717, 1.165) is 5.56 Å². The summed E-state index contributed by atoms with van der Waals surface area (Å²) in [4.78, 5) is 10.5. The van der Waals surface area contributed by atoms with Crippen molar-refractivity contribution >= 4 is 6.03 Å². The van der Waals surface area contributed by atoms with Crippen LogP contribution in [-0.4, -0.2) is 31.3 Å². The maximum atomic E-state index is 10.5. The summed E-state index contributed by atoms with van der Waals surface area (Å²) in [5, 5.41) is 15.5. The predicted octanol–water partition coefficient (Wildman–Crippen LogP) is 0.720. The fourth-order valence-corrected chi connectivity index (χ4v) is 1.60. The number of methoxy groups -OCH3 is 1. The second kappa shape index (κ2) is 6.70. The molecule has 1 atom stereocenters. The van der Waals surface area contributed by atoms with Gasteiger partial charge in [-0.15, -0.1) is 0 Å². The van der Waals surface area contributed by atoms with Crippen molar-refractivity contribution in [3.05, 3.63) is 23.8 Å². The molecule has 0 heterocycles. The van der Waals surface area contributed by atoms with E-state index < -0.39 is 6.03 Å². The maximum absolute atomic E-state index is 10.5. The van der Waals surface area contributed by atoms with Crippen LogP contribution in [0.4, 0.5) is 4.79 Å². The van der Waals surface area contributed by atoms with Crippen LogP contribution in [0.5, 0.6) is 11.5 Å². The molecule has 0 aliphatic rings. The third-order valence-electron chi connectivity index (χ3n) is 2.58. The zero-order valence-corrected chi connectivity index (χ0v) is 10.6. The molecule has 100 valence electrons. The van der Waals surface area contributed by atoms with Crippen LogP contribution in [0.25, 0.3) is 0 Å². The third kappa shape index (κ3) is 4.14. The van der Waals surface area contributed by atoms with Gasteiger partial charge in [0.25, 0.3) is 0 Å². The van der Waals surface area contributed by atoms with Crippen LogP contribution in [0.2, 0.25) is 0 Å². The van der Waals surface area contributed by atoms with Crippen molar-refractivity contribution in [1.82, 2.24) is 10.6 Å². The predicted molar refractivity (Wildman–Crippen MR) is 68.7 cm³/mol. The minimum absolute atomic E-state index is 0.0365. The van der Waals surface area contributed by atoms with Gasteiger partial charge in [-0.05, 0) is 13.0 Å². The van der Waals surface area contributed by atoms with Gasteiger partial charge in [0.15, 0.2) is 0 Å². The van der Waals surface area contributed by atoms with Gasteiger partial charge in [-0.3, -0.25) is 0 Å². The van der Waals surface area contributed by atoms with Gasteiger partial charge in [-0.1, -0.05) is 6.07 Å². The zero-order chi connectivity index (χ0) is 13.5. The van der Waals surface area contributed by atoms with E-state index >= 15 is 0 Å². The molecule has 0 fully saturated rings. The Morgan fingerprint density at radius 2 is 2.22 bits per heavy atom.